The number of carbonyl (C=O) groups excluding carboxylic acids is 1. The number of hydrogen-bond acceptors (Lipinski definition) is 5. The van der Waals surface area contributed by atoms with E-state index in [1.54, 1.807) is 36.8 Å². The highest BCUT2D eigenvalue weighted by Gasteiger charge is 2.20. The molecular weight excluding hydrogens is 400 g/mol. The fourth-order valence-corrected chi connectivity index (χ4v) is 3.36. The van der Waals surface area contributed by atoms with E-state index in [1.165, 1.54) is 0 Å². The van der Waals surface area contributed by atoms with E-state index in [2.05, 4.69) is 31.9 Å². The molecule has 0 fully saturated rings. The fourth-order valence-electron chi connectivity index (χ4n) is 3.36. The van der Waals surface area contributed by atoms with Crippen molar-refractivity contribution in [1.29, 1.82) is 5.26 Å². The molecule has 0 spiro atoms. The Balaban J connectivity index is 1.42. The number of nitrogens with zero attached hydrogens (tertiary/aromatic N) is 3. The maximum absolute atomic E-state index is 13.1. The van der Waals surface area contributed by atoms with Gasteiger partial charge in [-0.15, -0.1) is 0 Å². The van der Waals surface area contributed by atoms with Crippen molar-refractivity contribution in [2.24, 2.45) is 0 Å². The molecule has 4 rings (SSSR count). The van der Waals surface area contributed by atoms with Crippen LogP contribution < -0.4 is 10.6 Å². The number of pyridine rings is 1. The molecule has 1 amide bonds. The minimum absolute atomic E-state index is 0.181. The lowest BCUT2D eigenvalue weighted by Crippen LogP contribution is -2.34. The van der Waals surface area contributed by atoms with Crippen molar-refractivity contribution in [1.82, 2.24) is 20.5 Å². The van der Waals surface area contributed by atoms with E-state index in [1.807, 2.05) is 48.5 Å². The number of amides is 1. The van der Waals surface area contributed by atoms with Crippen molar-refractivity contribution in [3.8, 4) is 17.2 Å². The number of H-pyrrole nitrogens is 1. The summed E-state index contributed by atoms with van der Waals surface area (Å²) in [6.07, 6.45) is 5.95. The third-order valence-corrected chi connectivity index (χ3v) is 5.09. The number of anilines is 1. The summed E-state index contributed by atoms with van der Waals surface area (Å²) in [6.45, 7) is 0.603. The first kappa shape index (κ1) is 21.0. The van der Waals surface area contributed by atoms with Crippen LogP contribution in [0.15, 0.2) is 85.3 Å². The molecule has 0 aliphatic carbocycles. The zero-order valence-corrected chi connectivity index (χ0v) is 17.3. The van der Waals surface area contributed by atoms with E-state index in [-0.39, 0.29) is 5.91 Å². The van der Waals surface area contributed by atoms with Gasteiger partial charge in [-0.25, -0.2) is 4.98 Å². The van der Waals surface area contributed by atoms with Gasteiger partial charge in [0, 0.05) is 30.1 Å². The molecule has 32 heavy (non-hydrogen) atoms. The quantitative estimate of drug-likeness (QED) is 0.400. The molecule has 0 aliphatic rings. The highest BCUT2D eigenvalue weighted by Crippen LogP contribution is 2.19. The Kier molecular flexibility index (Phi) is 6.66. The molecule has 1 atom stereocenters. The summed E-state index contributed by atoms with van der Waals surface area (Å²) in [6, 6.07) is 22.3. The average Bonchev–Trinajstić information content (AvgIpc) is 3.38. The molecule has 2 aromatic heterocycles. The van der Waals surface area contributed by atoms with Gasteiger partial charge in [-0.3, -0.25) is 9.89 Å². The van der Waals surface area contributed by atoms with Crippen molar-refractivity contribution in [2.75, 3.05) is 11.9 Å². The molecule has 158 valence electrons. The first-order valence-electron chi connectivity index (χ1n) is 10.3. The summed E-state index contributed by atoms with van der Waals surface area (Å²) in [7, 11) is 0. The average molecular weight is 422 g/mol. The Hall–Kier alpha value is -4.28. The van der Waals surface area contributed by atoms with Crippen LogP contribution in [0.2, 0.25) is 0 Å². The van der Waals surface area contributed by atoms with Gasteiger partial charge in [-0.2, -0.15) is 10.4 Å². The van der Waals surface area contributed by atoms with Crippen LogP contribution >= 0.6 is 0 Å². The minimum Gasteiger partial charge on any atom is -0.309 e. The van der Waals surface area contributed by atoms with Gasteiger partial charge < -0.3 is 10.6 Å². The SMILES string of the molecule is N#Cc1ccc(CCN[C@H](C(=O)Nc2ccc(-c3cn[nH]c3)cn2)c2ccccc2)cc1. The van der Waals surface area contributed by atoms with Gasteiger partial charge in [0.15, 0.2) is 0 Å². The van der Waals surface area contributed by atoms with Gasteiger partial charge in [0.05, 0.1) is 17.8 Å². The zero-order valence-electron chi connectivity index (χ0n) is 17.3. The van der Waals surface area contributed by atoms with Crippen LogP contribution in [0, 0.1) is 11.3 Å². The molecule has 0 saturated heterocycles. The smallest absolute Gasteiger partial charge is 0.247 e. The van der Waals surface area contributed by atoms with E-state index in [0.29, 0.717) is 17.9 Å². The number of carbonyl (C=O) groups is 1. The molecule has 0 bridgehead atoms. The summed E-state index contributed by atoms with van der Waals surface area (Å²) in [5.41, 5.74) is 4.45. The molecule has 0 aliphatic heterocycles. The van der Waals surface area contributed by atoms with E-state index in [0.717, 1.165) is 28.7 Å². The van der Waals surface area contributed by atoms with Crippen LogP contribution in [0.5, 0.6) is 0 Å². The lowest BCUT2D eigenvalue weighted by molar-refractivity contribution is -0.118. The lowest BCUT2D eigenvalue weighted by Gasteiger charge is -2.19. The number of aromatic nitrogens is 3. The standard InChI is InChI=1S/C25H22N6O/c26-14-19-8-6-18(7-9-19)12-13-27-24(20-4-2-1-3-5-20)25(32)31-23-11-10-21(15-28-23)22-16-29-30-17-22/h1-11,15-17,24,27H,12-13H2,(H,29,30)(H,28,31,32)/t24-/m0/s1. The predicted molar refractivity (Wildman–Crippen MR) is 122 cm³/mol. The summed E-state index contributed by atoms with van der Waals surface area (Å²) >= 11 is 0. The molecule has 2 heterocycles. The van der Waals surface area contributed by atoms with Crippen molar-refractivity contribution in [2.45, 2.75) is 12.5 Å². The fraction of sp³-hybridized carbons (Fsp3) is 0.120. The largest absolute Gasteiger partial charge is 0.309 e. The predicted octanol–water partition coefficient (Wildman–Crippen LogP) is 3.86. The summed E-state index contributed by atoms with van der Waals surface area (Å²) in [4.78, 5) is 17.5. The van der Waals surface area contributed by atoms with Crippen molar-refractivity contribution in [3.63, 3.8) is 0 Å². The maximum atomic E-state index is 13.1. The molecule has 3 N–H and O–H groups in total. The summed E-state index contributed by atoms with van der Waals surface area (Å²) in [5.74, 6) is 0.302. The topological polar surface area (TPSA) is 106 Å². The van der Waals surface area contributed by atoms with Crippen LogP contribution in [-0.2, 0) is 11.2 Å². The van der Waals surface area contributed by atoms with Gasteiger partial charge in [-0.05, 0) is 41.8 Å². The maximum Gasteiger partial charge on any atom is 0.247 e. The first-order chi connectivity index (χ1) is 15.7. The normalized spacial score (nSPS) is 11.5. The minimum atomic E-state index is -0.523. The molecule has 4 aromatic rings. The Labute approximate surface area is 186 Å². The van der Waals surface area contributed by atoms with Crippen LogP contribution in [0.25, 0.3) is 11.1 Å². The number of nitriles is 1. The molecular formula is C25H22N6O. The highest BCUT2D eigenvalue weighted by atomic mass is 16.2. The van der Waals surface area contributed by atoms with Crippen molar-refractivity contribution in [3.05, 3.63) is 102 Å². The summed E-state index contributed by atoms with van der Waals surface area (Å²) in [5, 5.41) is 21.9. The molecule has 0 saturated carbocycles. The zero-order chi connectivity index (χ0) is 22.2. The number of hydrogen-bond donors (Lipinski definition) is 3. The summed E-state index contributed by atoms with van der Waals surface area (Å²) < 4.78 is 0. The number of nitrogens with one attached hydrogen (secondary N) is 3. The lowest BCUT2D eigenvalue weighted by atomic mass is 10.0. The monoisotopic (exact) mass is 422 g/mol. The Morgan fingerprint density at radius 1 is 1.00 bits per heavy atom. The second-order valence-corrected chi connectivity index (χ2v) is 7.26. The van der Waals surface area contributed by atoms with Crippen molar-refractivity contribution < 1.29 is 4.79 Å². The van der Waals surface area contributed by atoms with Crippen LogP contribution in [-0.4, -0.2) is 27.6 Å². The van der Waals surface area contributed by atoms with Gasteiger partial charge >= 0.3 is 0 Å². The third-order valence-electron chi connectivity index (χ3n) is 5.09. The third kappa shape index (κ3) is 5.25. The van der Waals surface area contributed by atoms with Gasteiger partial charge in [0.2, 0.25) is 5.91 Å². The second-order valence-electron chi connectivity index (χ2n) is 7.26. The molecule has 0 radical (unpaired) electrons. The highest BCUT2D eigenvalue weighted by molar-refractivity contribution is 5.94. The van der Waals surface area contributed by atoms with Gasteiger partial charge in [0.25, 0.3) is 0 Å². The van der Waals surface area contributed by atoms with Crippen LogP contribution in [0.3, 0.4) is 0 Å². The Morgan fingerprint density at radius 2 is 1.81 bits per heavy atom. The van der Waals surface area contributed by atoms with E-state index in [9.17, 15) is 4.79 Å². The number of aromatic amines is 1. The Bertz CT molecular complexity index is 1180. The number of rotatable bonds is 8. The van der Waals surface area contributed by atoms with Gasteiger partial charge in [-0.1, -0.05) is 42.5 Å². The van der Waals surface area contributed by atoms with Crippen molar-refractivity contribution >= 4 is 11.7 Å². The second kappa shape index (κ2) is 10.2. The van der Waals surface area contributed by atoms with E-state index >= 15 is 0 Å². The molecule has 7 heteroatoms. The molecule has 0 unspecified atom stereocenters. The number of benzene rings is 2. The van der Waals surface area contributed by atoms with Crippen LogP contribution in [0.4, 0.5) is 5.82 Å². The Morgan fingerprint density at radius 3 is 2.47 bits per heavy atom. The van der Waals surface area contributed by atoms with Gasteiger partial charge in [0.1, 0.15) is 11.9 Å². The molecule has 2 aromatic carbocycles. The molecule has 7 nitrogen and oxygen atoms in total. The van der Waals surface area contributed by atoms with Crippen LogP contribution in [0.1, 0.15) is 22.7 Å². The van der Waals surface area contributed by atoms with E-state index in [4.69, 9.17) is 5.26 Å². The van der Waals surface area contributed by atoms with E-state index < -0.39 is 6.04 Å². The first-order valence-corrected chi connectivity index (χ1v) is 10.3.